The number of amides is 1. The number of nitrogens with two attached hydrogens (primary N) is 1. The Hall–Kier alpha value is -2.46. The number of nitrogen functional groups attached to an aromatic ring is 1. The lowest BCUT2D eigenvalue weighted by Crippen LogP contribution is -2.22. The van der Waals surface area contributed by atoms with E-state index in [0.29, 0.717) is 0 Å². The molecule has 0 fully saturated rings. The highest BCUT2D eigenvalue weighted by atomic mass is 32.2. The minimum absolute atomic E-state index is 0.0119. The third-order valence-corrected chi connectivity index (χ3v) is 4.69. The van der Waals surface area contributed by atoms with Gasteiger partial charge in [0.15, 0.2) is 0 Å². The second kappa shape index (κ2) is 6.75. The molecule has 4 heteroatoms. The number of carbonyl (C=O) groups is 1. The van der Waals surface area contributed by atoms with Crippen molar-refractivity contribution < 1.29 is 4.79 Å². The lowest BCUT2D eigenvalue weighted by atomic mass is 10.1. The monoisotopic (exact) mass is 322 g/mol. The van der Waals surface area contributed by atoms with Crippen LogP contribution in [0.1, 0.15) is 6.92 Å². The van der Waals surface area contributed by atoms with Gasteiger partial charge in [0.1, 0.15) is 0 Å². The minimum atomic E-state index is -0.190. The molecule has 3 N–H and O–H groups in total. The minimum Gasteiger partial charge on any atom is -0.399 e. The smallest absolute Gasteiger partial charge is 0.237 e. The van der Waals surface area contributed by atoms with Crippen molar-refractivity contribution in [3.63, 3.8) is 0 Å². The van der Waals surface area contributed by atoms with Crippen LogP contribution < -0.4 is 11.1 Å². The summed E-state index contributed by atoms with van der Waals surface area (Å²) in [5, 5.41) is 5.07. The molecule has 116 valence electrons. The molecule has 0 aliphatic carbocycles. The number of thioether (sulfide) groups is 1. The van der Waals surface area contributed by atoms with Crippen LogP contribution in [0.4, 0.5) is 11.4 Å². The molecule has 3 nitrogen and oxygen atoms in total. The van der Waals surface area contributed by atoms with Crippen LogP contribution in [0.5, 0.6) is 0 Å². The normalized spacial score (nSPS) is 12.0. The van der Waals surface area contributed by atoms with Crippen LogP contribution in [-0.4, -0.2) is 11.2 Å². The van der Waals surface area contributed by atoms with E-state index in [1.165, 1.54) is 11.8 Å². The second-order valence-electron chi connectivity index (χ2n) is 5.38. The average molecular weight is 322 g/mol. The summed E-state index contributed by atoms with van der Waals surface area (Å²) in [6.07, 6.45) is 0. The fraction of sp³-hybridized carbons (Fsp3) is 0.105. The van der Waals surface area contributed by atoms with E-state index in [2.05, 4.69) is 11.4 Å². The zero-order valence-electron chi connectivity index (χ0n) is 12.8. The summed E-state index contributed by atoms with van der Waals surface area (Å²) in [5.74, 6) is -0.0119. The lowest BCUT2D eigenvalue weighted by Gasteiger charge is -2.12. The van der Waals surface area contributed by atoms with Gasteiger partial charge in [-0.15, -0.1) is 11.8 Å². The Labute approximate surface area is 139 Å². The molecule has 3 rings (SSSR count). The fourth-order valence-corrected chi connectivity index (χ4v) is 3.18. The topological polar surface area (TPSA) is 55.1 Å². The molecule has 0 saturated heterocycles. The van der Waals surface area contributed by atoms with Crippen molar-refractivity contribution in [1.82, 2.24) is 0 Å². The summed E-state index contributed by atoms with van der Waals surface area (Å²) in [7, 11) is 0. The van der Waals surface area contributed by atoms with Crippen LogP contribution in [0.25, 0.3) is 10.8 Å². The third-order valence-electron chi connectivity index (χ3n) is 3.58. The maximum atomic E-state index is 12.4. The molecule has 0 bridgehead atoms. The van der Waals surface area contributed by atoms with Crippen LogP contribution in [0.15, 0.2) is 71.6 Å². The van der Waals surface area contributed by atoms with Crippen LogP contribution in [0, 0.1) is 0 Å². The van der Waals surface area contributed by atoms with Gasteiger partial charge >= 0.3 is 0 Å². The van der Waals surface area contributed by atoms with Crippen molar-refractivity contribution in [2.24, 2.45) is 0 Å². The number of rotatable bonds is 4. The molecule has 1 unspecified atom stereocenters. The van der Waals surface area contributed by atoms with Crippen molar-refractivity contribution in [3.8, 4) is 0 Å². The SMILES string of the molecule is CC(Sc1ccc(N)cc1)C(=O)Nc1ccc2ccccc2c1. The molecule has 0 radical (unpaired) electrons. The molecule has 0 aliphatic rings. The highest BCUT2D eigenvalue weighted by Gasteiger charge is 2.14. The summed E-state index contributed by atoms with van der Waals surface area (Å²) in [4.78, 5) is 13.4. The van der Waals surface area contributed by atoms with Gasteiger partial charge in [0, 0.05) is 16.3 Å². The van der Waals surface area contributed by atoms with Crippen LogP contribution in [0.3, 0.4) is 0 Å². The van der Waals surface area contributed by atoms with Gasteiger partial charge in [0.05, 0.1) is 5.25 Å². The van der Waals surface area contributed by atoms with Crippen LogP contribution >= 0.6 is 11.8 Å². The van der Waals surface area contributed by atoms with E-state index < -0.39 is 0 Å². The third kappa shape index (κ3) is 3.85. The Morgan fingerprint density at radius 1 is 1.00 bits per heavy atom. The highest BCUT2D eigenvalue weighted by molar-refractivity contribution is 8.00. The van der Waals surface area contributed by atoms with Gasteiger partial charge < -0.3 is 11.1 Å². The standard InChI is InChI=1S/C19H18N2OS/c1-13(23-18-10-7-16(20)8-11-18)19(22)21-17-9-6-14-4-2-3-5-15(14)12-17/h2-13H,20H2,1H3,(H,21,22). The predicted molar refractivity (Wildman–Crippen MR) is 98.8 cm³/mol. The lowest BCUT2D eigenvalue weighted by molar-refractivity contribution is -0.115. The van der Waals surface area contributed by atoms with E-state index in [1.807, 2.05) is 67.6 Å². The van der Waals surface area contributed by atoms with E-state index in [4.69, 9.17) is 5.73 Å². The number of fused-ring (bicyclic) bond motifs is 1. The highest BCUT2D eigenvalue weighted by Crippen LogP contribution is 2.25. The molecule has 0 aliphatic heterocycles. The summed E-state index contributed by atoms with van der Waals surface area (Å²) in [6.45, 7) is 1.90. The molecule has 0 aromatic heterocycles. The first-order chi connectivity index (χ1) is 11.1. The van der Waals surface area contributed by atoms with Gasteiger partial charge in [-0.3, -0.25) is 4.79 Å². The first-order valence-corrected chi connectivity index (χ1v) is 8.32. The van der Waals surface area contributed by atoms with Crippen LogP contribution in [-0.2, 0) is 4.79 Å². The Kier molecular flexibility index (Phi) is 4.53. The van der Waals surface area contributed by atoms with E-state index in [9.17, 15) is 4.79 Å². The second-order valence-corrected chi connectivity index (χ2v) is 6.79. The van der Waals surface area contributed by atoms with E-state index >= 15 is 0 Å². The average Bonchev–Trinajstić information content (AvgIpc) is 2.56. The van der Waals surface area contributed by atoms with Crippen LogP contribution in [0.2, 0.25) is 0 Å². The van der Waals surface area contributed by atoms with Gasteiger partial charge in [-0.2, -0.15) is 0 Å². The molecular weight excluding hydrogens is 304 g/mol. The maximum absolute atomic E-state index is 12.4. The summed E-state index contributed by atoms with van der Waals surface area (Å²) < 4.78 is 0. The molecule has 1 atom stereocenters. The van der Waals surface area contributed by atoms with Crippen molar-refractivity contribution in [2.45, 2.75) is 17.1 Å². The van der Waals surface area contributed by atoms with E-state index in [-0.39, 0.29) is 11.2 Å². The number of hydrogen-bond donors (Lipinski definition) is 2. The first kappa shape index (κ1) is 15.4. The molecule has 0 spiro atoms. The Morgan fingerprint density at radius 2 is 1.70 bits per heavy atom. The van der Waals surface area contributed by atoms with Crippen molar-refractivity contribution in [1.29, 1.82) is 0 Å². The number of nitrogens with one attached hydrogen (secondary N) is 1. The van der Waals surface area contributed by atoms with Crippen molar-refractivity contribution in [3.05, 3.63) is 66.7 Å². The molecule has 3 aromatic rings. The summed E-state index contributed by atoms with van der Waals surface area (Å²) in [6, 6.07) is 21.6. The number of benzene rings is 3. The van der Waals surface area contributed by atoms with Crippen molar-refractivity contribution in [2.75, 3.05) is 11.1 Å². The number of hydrogen-bond acceptors (Lipinski definition) is 3. The zero-order valence-corrected chi connectivity index (χ0v) is 13.6. The molecular formula is C19H18N2OS. The van der Waals surface area contributed by atoms with E-state index in [1.54, 1.807) is 0 Å². The largest absolute Gasteiger partial charge is 0.399 e. The van der Waals surface area contributed by atoms with Gasteiger partial charge in [-0.25, -0.2) is 0 Å². The Bertz CT molecular complexity index is 830. The van der Waals surface area contributed by atoms with Gasteiger partial charge in [0.2, 0.25) is 5.91 Å². The Morgan fingerprint density at radius 3 is 2.43 bits per heavy atom. The molecule has 0 saturated carbocycles. The molecule has 1 amide bonds. The summed E-state index contributed by atoms with van der Waals surface area (Å²) >= 11 is 1.52. The number of anilines is 2. The molecule has 23 heavy (non-hydrogen) atoms. The quantitative estimate of drug-likeness (QED) is 0.547. The summed E-state index contributed by atoms with van der Waals surface area (Å²) in [5.41, 5.74) is 7.22. The first-order valence-electron chi connectivity index (χ1n) is 7.44. The van der Waals surface area contributed by atoms with Gasteiger partial charge in [0.25, 0.3) is 0 Å². The molecule has 3 aromatic carbocycles. The van der Waals surface area contributed by atoms with Gasteiger partial charge in [-0.1, -0.05) is 30.3 Å². The molecule has 0 heterocycles. The van der Waals surface area contributed by atoms with Gasteiger partial charge in [-0.05, 0) is 54.1 Å². The van der Waals surface area contributed by atoms with Crippen molar-refractivity contribution >= 4 is 39.8 Å². The zero-order chi connectivity index (χ0) is 16.2. The maximum Gasteiger partial charge on any atom is 0.237 e. The predicted octanol–water partition coefficient (Wildman–Crippen LogP) is 4.54. The number of carbonyl (C=O) groups excluding carboxylic acids is 1. The Balaban J connectivity index is 1.68. The van der Waals surface area contributed by atoms with E-state index in [0.717, 1.165) is 27.0 Å². The fourth-order valence-electron chi connectivity index (χ4n) is 2.32.